The summed E-state index contributed by atoms with van der Waals surface area (Å²) < 4.78 is 10.7. The van der Waals surface area contributed by atoms with Gasteiger partial charge in [-0.2, -0.15) is 0 Å². The smallest absolute Gasteiger partial charge is 0.408 e. The Bertz CT molecular complexity index is 567. The predicted molar refractivity (Wildman–Crippen MR) is 90.7 cm³/mol. The number of hydrogen-bond acceptors (Lipinski definition) is 5. The lowest BCUT2D eigenvalue weighted by Crippen LogP contribution is -2.46. The molecular weight excluding hydrogens is 310 g/mol. The molecule has 0 aliphatic rings. The molecule has 0 saturated heterocycles. The third kappa shape index (κ3) is 7.30. The molecule has 24 heavy (non-hydrogen) atoms. The van der Waals surface area contributed by atoms with Gasteiger partial charge in [0, 0.05) is 18.3 Å². The highest BCUT2D eigenvalue weighted by atomic mass is 16.6. The molecule has 2 N–H and O–H groups in total. The fraction of sp³-hybridized carbons (Fsp3) is 0.588. The van der Waals surface area contributed by atoms with Gasteiger partial charge in [-0.1, -0.05) is 6.07 Å². The first-order valence-corrected chi connectivity index (χ1v) is 7.96. The Morgan fingerprint density at radius 2 is 1.92 bits per heavy atom. The number of aromatic nitrogens is 1. The average molecular weight is 337 g/mol. The molecule has 0 fully saturated rings. The molecule has 134 valence electrons. The molecular formula is C17H27N3O4. The third-order valence-corrected chi connectivity index (χ3v) is 2.78. The second-order valence-corrected chi connectivity index (χ2v) is 6.72. The summed E-state index contributed by atoms with van der Waals surface area (Å²) in [6, 6.07) is 2.89. The lowest BCUT2D eigenvalue weighted by molar-refractivity contribution is -0.122. The van der Waals surface area contributed by atoms with Crippen LogP contribution in [0, 0.1) is 0 Å². The normalized spacial score (nSPS) is 12.5. The standard InChI is InChI=1S/C17H27N3O4/c1-11(2)23-15-13(8-7-9-18-15)10-19-14(21)12(3)20-16(22)24-17(4,5)6/h7-9,11-12H,10H2,1-6H3,(H,19,21)(H,20,22)/t12-/m0/s1. The molecule has 0 aliphatic heterocycles. The van der Waals surface area contributed by atoms with Gasteiger partial charge in [0.05, 0.1) is 6.10 Å². The van der Waals surface area contributed by atoms with Crippen LogP contribution < -0.4 is 15.4 Å². The van der Waals surface area contributed by atoms with E-state index < -0.39 is 17.7 Å². The number of rotatable bonds is 6. The van der Waals surface area contributed by atoms with E-state index in [0.29, 0.717) is 5.88 Å². The highest BCUT2D eigenvalue weighted by Gasteiger charge is 2.21. The van der Waals surface area contributed by atoms with Gasteiger partial charge in [0.15, 0.2) is 0 Å². The van der Waals surface area contributed by atoms with Gasteiger partial charge in [0.25, 0.3) is 0 Å². The van der Waals surface area contributed by atoms with Crippen molar-refractivity contribution in [2.75, 3.05) is 0 Å². The number of alkyl carbamates (subject to hydrolysis) is 1. The van der Waals surface area contributed by atoms with E-state index in [9.17, 15) is 9.59 Å². The van der Waals surface area contributed by atoms with Crippen molar-refractivity contribution in [1.29, 1.82) is 0 Å². The van der Waals surface area contributed by atoms with Crippen molar-refractivity contribution in [2.45, 2.75) is 65.8 Å². The molecule has 0 aromatic carbocycles. The number of amides is 2. The number of ether oxygens (including phenoxy) is 2. The van der Waals surface area contributed by atoms with Gasteiger partial charge in [-0.25, -0.2) is 9.78 Å². The highest BCUT2D eigenvalue weighted by molar-refractivity contribution is 5.85. The molecule has 1 heterocycles. The summed E-state index contributed by atoms with van der Waals surface area (Å²) in [7, 11) is 0. The van der Waals surface area contributed by atoms with E-state index in [2.05, 4.69) is 15.6 Å². The molecule has 0 spiro atoms. The van der Waals surface area contributed by atoms with Gasteiger partial charge in [0.2, 0.25) is 11.8 Å². The van der Waals surface area contributed by atoms with Crippen LogP contribution in [0.2, 0.25) is 0 Å². The van der Waals surface area contributed by atoms with Crippen molar-refractivity contribution >= 4 is 12.0 Å². The van der Waals surface area contributed by atoms with Crippen molar-refractivity contribution in [2.24, 2.45) is 0 Å². The van der Waals surface area contributed by atoms with Crippen LogP contribution in [0.15, 0.2) is 18.3 Å². The van der Waals surface area contributed by atoms with Crippen molar-refractivity contribution in [3.8, 4) is 5.88 Å². The average Bonchev–Trinajstić information content (AvgIpc) is 2.43. The number of hydrogen-bond donors (Lipinski definition) is 2. The third-order valence-electron chi connectivity index (χ3n) is 2.78. The molecule has 1 atom stereocenters. The summed E-state index contributed by atoms with van der Waals surface area (Å²) in [5.41, 5.74) is 0.156. The van der Waals surface area contributed by atoms with Gasteiger partial charge in [0.1, 0.15) is 11.6 Å². The molecule has 0 saturated carbocycles. The summed E-state index contributed by atoms with van der Waals surface area (Å²) in [6.45, 7) is 10.9. The summed E-state index contributed by atoms with van der Waals surface area (Å²) in [5.74, 6) is 0.167. The molecule has 0 bridgehead atoms. The molecule has 0 unspecified atom stereocenters. The van der Waals surface area contributed by atoms with Crippen LogP contribution in [0.5, 0.6) is 5.88 Å². The zero-order chi connectivity index (χ0) is 18.3. The molecule has 1 aromatic rings. The van der Waals surface area contributed by atoms with E-state index in [0.717, 1.165) is 5.56 Å². The van der Waals surface area contributed by atoms with Crippen LogP contribution in [0.3, 0.4) is 0 Å². The SMILES string of the molecule is CC(C)Oc1ncccc1CNC(=O)[C@H](C)NC(=O)OC(C)(C)C. The second kappa shape index (κ2) is 8.52. The topological polar surface area (TPSA) is 89.5 Å². The van der Waals surface area contributed by atoms with Gasteiger partial charge in [-0.3, -0.25) is 4.79 Å². The Morgan fingerprint density at radius 3 is 2.50 bits per heavy atom. The summed E-state index contributed by atoms with van der Waals surface area (Å²) in [5, 5.41) is 5.25. The lowest BCUT2D eigenvalue weighted by Gasteiger charge is -2.21. The molecule has 7 heteroatoms. The lowest BCUT2D eigenvalue weighted by atomic mass is 10.2. The Labute approximate surface area is 143 Å². The summed E-state index contributed by atoms with van der Waals surface area (Å²) in [6.07, 6.45) is 0.993. The van der Waals surface area contributed by atoms with E-state index in [-0.39, 0.29) is 18.6 Å². The Hall–Kier alpha value is -2.31. The zero-order valence-corrected chi connectivity index (χ0v) is 15.2. The Kier molecular flexibility index (Phi) is 7.00. The van der Waals surface area contributed by atoms with Gasteiger partial charge in [-0.15, -0.1) is 0 Å². The minimum absolute atomic E-state index is 0.0119. The quantitative estimate of drug-likeness (QED) is 0.832. The number of nitrogens with zero attached hydrogens (tertiary/aromatic N) is 1. The van der Waals surface area contributed by atoms with Crippen LogP contribution in [0.25, 0.3) is 0 Å². The zero-order valence-electron chi connectivity index (χ0n) is 15.2. The predicted octanol–water partition coefficient (Wildman–Crippen LogP) is 2.40. The monoisotopic (exact) mass is 337 g/mol. The summed E-state index contributed by atoms with van der Waals surface area (Å²) in [4.78, 5) is 28.0. The van der Waals surface area contributed by atoms with Crippen molar-refractivity contribution in [3.63, 3.8) is 0 Å². The molecule has 7 nitrogen and oxygen atoms in total. The first-order valence-electron chi connectivity index (χ1n) is 7.96. The van der Waals surface area contributed by atoms with Gasteiger partial charge < -0.3 is 20.1 Å². The molecule has 2 amide bonds. The first-order chi connectivity index (χ1) is 11.1. The minimum Gasteiger partial charge on any atom is -0.475 e. The summed E-state index contributed by atoms with van der Waals surface area (Å²) >= 11 is 0. The van der Waals surface area contributed by atoms with E-state index in [1.807, 2.05) is 19.9 Å². The van der Waals surface area contributed by atoms with Crippen molar-refractivity contribution in [3.05, 3.63) is 23.9 Å². The number of carbonyl (C=O) groups is 2. The minimum atomic E-state index is -0.717. The fourth-order valence-electron chi connectivity index (χ4n) is 1.77. The fourth-order valence-corrected chi connectivity index (χ4v) is 1.77. The maximum Gasteiger partial charge on any atom is 0.408 e. The molecule has 1 aromatic heterocycles. The Morgan fingerprint density at radius 1 is 1.25 bits per heavy atom. The van der Waals surface area contributed by atoms with E-state index in [4.69, 9.17) is 9.47 Å². The second-order valence-electron chi connectivity index (χ2n) is 6.72. The number of pyridine rings is 1. The molecule has 0 radical (unpaired) electrons. The number of nitrogens with one attached hydrogen (secondary N) is 2. The maximum absolute atomic E-state index is 12.1. The number of carbonyl (C=O) groups excluding carboxylic acids is 2. The van der Waals surface area contributed by atoms with Crippen molar-refractivity contribution in [1.82, 2.24) is 15.6 Å². The van der Waals surface area contributed by atoms with E-state index >= 15 is 0 Å². The first kappa shape index (κ1) is 19.7. The van der Waals surface area contributed by atoms with Gasteiger partial charge in [-0.05, 0) is 47.6 Å². The van der Waals surface area contributed by atoms with Crippen LogP contribution in [-0.4, -0.2) is 34.7 Å². The van der Waals surface area contributed by atoms with Crippen molar-refractivity contribution < 1.29 is 19.1 Å². The molecule has 1 rings (SSSR count). The maximum atomic E-state index is 12.1. The van der Waals surface area contributed by atoms with Crippen LogP contribution in [-0.2, 0) is 16.1 Å². The van der Waals surface area contributed by atoms with Crippen LogP contribution in [0.4, 0.5) is 4.79 Å². The Balaban J connectivity index is 2.55. The van der Waals surface area contributed by atoms with E-state index in [1.54, 1.807) is 40.0 Å². The van der Waals surface area contributed by atoms with E-state index in [1.165, 1.54) is 0 Å². The van der Waals surface area contributed by atoms with Crippen LogP contribution in [0.1, 0.15) is 47.1 Å². The highest BCUT2D eigenvalue weighted by Crippen LogP contribution is 2.15. The molecule has 0 aliphatic carbocycles. The van der Waals surface area contributed by atoms with Crippen LogP contribution >= 0.6 is 0 Å². The largest absolute Gasteiger partial charge is 0.475 e. The van der Waals surface area contributed by atoms with Gasteiger partial charge >= 0.3 is 6.09 Å².